The molecule has 0 aliphatic heterocycles. The molecule has 0 spiro atoms. The number of hydrogen-bond acceptors (Lipinski definition) is 5. The number of carbonyl (C=O) groups excluding carboxylic acids is 3. The summed E-state index contributed by atoms with van der Waals surface area (Å²) >= 11 is 0. The second kappa shape index (κ2) is 11.6. The van der Waals surface area contributed by atoms with Gasteiger partial charge in [-0.15, -0.1) is 13.2 Å². The van der Waals surface area contributed by atoms with Crippen molar-refractivity contribution in [3.63, 3.8) is 0 Å². The van der Waals surface area contributed by atoms with Crippen LogP contribution in [0.4, 0.5) is 18.0 Å². The van der Waals surface area contributed by atoms with Gasteiger partial charge in [0.05, 0.1) is 0 Å². The topological polar surface area (TPSA) is 120 Å². The quantitative estimate of drug-likeness (QED) is 0.511. The number of nitrogens with one attached hydrogen (secondary N) is 2. The number of carbonyl (C=O) groups is 3. The number of ether oxygens (including phenoxy) is 2. The van der Waals surface area contributed by atoms with E-state index in [4.69, 9.17) is 10.5 Å². The molecule has 32 heavy (non-hydrogen) atoms. The molecule has 1 atom stereocenters. The van der Waals surface area contributed by atoms with Gasteiger partial charge in [0.25, 0.3) is 0 Å². The molecule has 8 nitrogen and oxygen atoms in total. The van der Waals surface area contributed by atoms with Gasteiger partial charge in [-0.2, -0.15) is 0 Å². The maximum absolute atomic E-state index is 12.5. The van der Waals surface area contributed by atoms with Gasteiger partial charge >= 0.3 is 12.5 Å². The maximum Gasteiger partial charge on any atom is 0.573 e. The highest BCUT2D eigenvalue weighted by Gasteiger charge is 2.31. The third kappa shape index (κ3) is 9.37. The van der Waals surface area contributed by atoms with Crippen molar-refractivity contribution in [2.24, 2.45) is 5.73 Å². The molecule has 0 heterocycles. The van der Waals surface area contributed by atoms with E-state index < -0.39 is 36.1 Å². The molecule has 0 aromatic heterocycles. The number of nitrogens with two attached hydrogens (primary N) is 1. The Kier molecular flexibility index (Phi) is 8.87. The molecule has 2 aromatic rings. The molecule has 0 unspecified atom stereocenters. The average molecular weight is 453 g/mol. The minimum atomic E-state index is -4.80. The van der Waals surface area contributed by atoms with Crippen LogP contribution >= 0.6 is 0 Å². The predicted octanol–water partition coefficient (Wildman–Crippen LogP) is 2.76. The van der Waals surface area contributed by atoms with E-state index in [1.165, 1.54) is 12.1 Å². The summed E-state index contributed by atoms with van der Waals surface area (Å²) in [7, 11) is 0. The first-order valence-electron chi connectivity index (χ1n) is 9.50. The molecular weight excluding hydrogens is 431 g/mol. The molecule has 3 amide bonds. The van der Waals surface area contributed by atoms with Gasteiger partial charge in [-0.1, -0.05) is 42.5 Å². The molecule has 0 bridgehead atoms. The zero-order chi connectivity index (χ0) is 23.6. The van der Waals surface area contributed by atoms with Crippen LogP contribution in [0.5, 0.6) is 5.75 Å². The van der Waals surface area contributed by atoms with Crippen LogP contribution in [-0.2, 0) is 27.5 Å². The van der Waals surface area contributed by atoms with Crippen molar-refractivity contribution in [2.75, 3.05) is 0 Å². The van der Waals surface area contributed by atoms with E-state index in [1.807, 2.05) is 6.07 Å². The Labute approximate surface area is 181 Å². The van der Waals surface area contributed by atoms with Crippen LogP contribution < -0.4 is 21.1 Å². The van der Waals surface area contributed by atoms with E-state index >= 15 is 0 Å². The first-order valence-corrected chi connectivity index (χ1v) is 9.50. The Balaban J connectivity index is 1.90. The van der Waals surface area contributed by atoms with E-state index in [9.17, 15) is 27.6 Å². The lowest BCUT2D eigenvalue weighted by molar-refractivity contribution is -0.274. The fourth-order valence-corrected chi connectivity index (χ4v) is 2.58. The van der Waals surface area contributed by atoms with Crippen LogP contribution in [-0.4, -0.2) is 30.3 Å². The summed E-state index contributed by atoms with van der Waals surface area (Å²) in [5.41, 5.74) is 6.37. The summed E-state index contributed by atoms with van der Waals surface area (Å²) in [4.78, 5) is 35.6. The molecule has 0 saturated carbocycles. The molecule has 11 heteroatoms. The zero-order valence-electron chi connectivity index (χ0n) is 16.9. The van der Waals surface area contributed by atoms with Gasteiger partial charge in [0.1, 0.15) is 18.4 Å². The van der Waals surface area contributed by atoms with Gasteiger partial charge in [-0.25, -0.2) is 4.79 Å². The number of primary amides is 1. The summed E-state index contributed by atoms with van der Waals surface area (Å²) in [6, 6.07) is 12.7. The number of hydrogen-bond donors (Lipinski definition) is 3. The van der Waals surface area contributed by atoms with Gasteiger partial charge in [-0.3, -0.25) is 9.59 Å². The van der Waals surface area contributed by atoms with E-state index in [-0.39, 0.29) is 26.0 Å². The van der Waals surface area contributed by atoms with Crippen molar-refractivity contribution in [3.8, 4) is 5.75 Å². The van der Waals surface area contributed by atoms with Crippen molar-refractivity contribution in [1.29, 1.82) is 0 Å². The highest BCUT2D eigenvalue weighted by atomic mass is 19.4. The lowest BCUT2D eigenvalue weighted by Gasteiger charge is -2.18. The lowest BCUT2D eigenvalue weighted by atomic mass is 10.1. The third-order valence-corrected chi connectivity index (χ3v) is 4.12. The monoisotopic (exact) mass is 453 g/mol. The summed E-state index contributed by atoms with van der Waals surface area (Å²) in [5, 5.41) is 4.93. The van der Waals surface area contributed by atoms with Crippen LogP contribution in [0.3, 0.4) is 0 Å². The van der Waals surface area contributed by atoms with Crippen LogP contribution in [0, 0.1) is 0 Å². The van der Waals surface area contributed by atoms with E-state index in [2.05, 4.69) is 15.4 Å². The third-order valence-electron chi connectivity index (χ3n) is 4.12. The van der Waals surface area contributed by atoms with Gasteiger partial charge in [-0.05, 0) is 29.7 Å². The van der Waals surface area contributed by atoms with Crippen molar-refractivity contribution in [1.82, 2.24) is 10.6 Å². The molecule has 0 fully saturated rings. The fourth-order valence-electron chi connectivity index (χ4n) is 2.58. The first kappa shape index (κ1) is 24.5. The van der Waals surface area contributed by atoms with Gasteiger partial charge in [0.15, 0.2) is 0 Å². The van der Waals surface area contributed by atoms with Crippen LogP contribution in [0.1, 0.15) is 24.0 Å². The highest BCUT2D eigenvalue weighted by Crippen LogP contribution is 2.22. The zero-order valence-corrected chi connectivity index (χ0v) is 16.9. The minimum absolute atomic E-state index is 0.0107. The average Bonchev–Trinajstić information content (AvgIpc) is 2.74. The Hall–Kier alpha value is -3.76. The molecule has 0 aliphatic rings. The van der Waals surface area contributed by atoms with Gasteiger partial charge in [0, 0.05) is 13.0 Å². The second-order valence-electron chi connectivity index (χ2n) is 6.67. The fraction of sp³-hybridized carbons (Fsp3) is 0.286. The predicted molar refractivity (Wildman–Crippen MR) is 107 cm³/mol. The molecule has 172 valence electrons. The molecule has 2 aromatic carbocycles. The Morgan fingerprint density at radius 1 is 0.969 bits per heavy atom. The first-order chi connectivity index (χ1) is 15.1. The van der Waals surface area contributed by atoms with Crippen molar-refractivity contribution < 1.29 is 37.0 Å². The minimum Gasteiger partial charge on any atom is -0.445 e. The molecule has 0 aliphatic carbocycles. The number of rotatable bonds is 10. The van der Waals surface area contributed by atoms with Crippen LogP contribution in [0.25, 0.3) is 0 Å². The molecular formula is C21H22F3N3O5. The summed E-state index contributed by atoms with van der Waals surface area (Å²) in [6.07, 6.45) is -5.86. The van der Waals surface area contributed by atoms with Gasteiger partial charge < -0.3 is 25.8 Å². The lowest BCUT2D eigenvalue weighted by Crippen LogP contribution is -2.47. The Morgan fingerprint density at radius 3 is 2.22 bits per heavy atom. The van der Waals surface area contributed by atoms with Crippen LogP contribution in [0.2, 0.25) is 0 Å². The van der Waals surface area contributed by atoms with Crippen molar-refractivity contribution in [3.05, 3.63) is 65.7 Å². The highest BCUT2D eigenvalue weighted by molar-refractivity contribution is 5.86. The summed E-state index contributed by atoms with van der Waals surface area (Å²) < 4.78 is 45.5. The SMILES string of the molecule is NC(=O)CC[C@H](NC(=O)OCc1ccccc1)C(=O)NCc1ccc(OC(F)(F)F)cc1. The number of benzene rings is 2. The number of alkyl carbamates (subject to hydrolysis) is 1. The second-order valence-corrected chi connectivity index (χ2v) is 6.67. The summed E-state index contributed by atoms with van der Waals surface area (Å²) in [6.45, 7) is -0.0396. The van der Waals surface area contributed by atoms with Crippen molar-refractivity contribution >= 4 is 17.9 Å². The standard InChI is InChI=1S/C21H22F3N3O5/c22-21(23,24)32-16-8-6-14(7-9-16)12-26-19(29)17(10-11-18(25)28)27-20(30)31-13-15-4-2-1-3-5-15/h1-9,17H,10-13H2,(H2,25,28)(H,26,29)(H,27,30)/t17-/m0/s1. The molecule has 0 radical (unpaired) electrons. The molecule has 0 saturated heterocycles. The number of alkyl halides is 3. The normalized spacial score (nSPS) is 11.8. The smallest absolute Gasteiger partial charge is 0.445 e. The Bertz CT molecular complexity index is 905. The van der Waals surface area contributed by atoms with Crippen LogP contribution in [0.15, 0.2) is 54.6 Å². The van der Waals surface area contributed by atoms with Crippen molar-refractivity contribution in [2.45, 2.75) is 38.4 Å². The van der Waals surface area contributed by atoms with E-state index in [0.29, 0.717) is 5.56 Å². The maximum atomic E-state index is 12.5. The number of amides is 3. The van der Waals surface area contributed by atoms with E-state index in [1.54, 1.807) is 24.3 Å². The molecule has 2 rings (SSSR count). The number of halogens is 3. The largest absolute Gasteiger partial charge is 0.573 e. The molecule has 4 N–H and O–H groups in total. The summed E-state index contributed by atoms with van der Waals surface area (Å²) in [5.74, 6) is -1.66. The Morgan fingerprint density at radius 2 is 1.62 bits per heavy atom. The van der Waals surface area contributed by atoms with E-state index in [0.717, 1.165) is 17.7 Å². The van der Waals surface area contributed by atoms with Gasteiger partial charge in [0.2, 0.25) is 11.8 Å².